The number of amides is 2. The van der Waals surface area contributed by atoms with Gasteiger partial charge in [-0.05, 0) is 24.5 Å². The van der Waals surface area contributed by atoms with Crippen LogP contribution in [0.3, 0.4) is 0 Å². The van der Waals surface area contributed by atoms with Gasteiger partial charge in [-0.1, -0.05) is 53.2 Å². The number of aromatic nitrogens is 3. The van der Waals surface area contributed by atoms with Crippen LogP contribution in [0, 0.1) is 17.8 Å². The topological polar surface area (TPSA) is 138 Å². The summed E-state index contributed by atoms with van der Waals surface area (Å²) in [5.41, 5.74) is 0.0798. The molecule has 3 saturated heterocycles. The molecule has 2 bridgehead atoms. The van der Waals surface area contributed by atoms with Gasteiger partial charge in [-0.15, -0.1) is 11.7 Å². The SMILES string of the molecule is C=CCN(Cn1nnc2ccccc21)C(=O)C1N([C@@H](CO)C(C)C)C(=O)[C@@H]2[C@@H](C(=O)O)[C@@H]3OC12CC3Br. The lowest BCUT2D eigenvalue weighted by Gasteiger charge is -2.40. The highest BCUT2D eigenvalue weighted by Gasteiger charge is 2.77. The molecule has 12 heteroatoms. The van der Waals surface area contributed by atoms with Crippen molar-refractivity contribution in [1.82, 2.24) is 24.8 Å². The van der Waals surface area contributed by atoms with E-state index >= 15 is 0 Å². The Bertz CT molecular complexity index is 1250. The van der Waals surface area contributed by atoms with Gasteiger partial charge >= 0.3 is 5.97 Å². The minimum atomic E-state index is -1.33. The maximum absolute atomic E-state index is 14.4. The number of aliphatic hydroxyl groups excluding tert-OH is 1. The number of para-hydroxylation sites is 1. The van der Waals surface area contributed by atoms with E-state index in [1.807, 2.05) is 38.1 Å². The average Bonchev–Trinajstić information content (AvgIpc) is 3.57. The number of nitrogens with zero attached hydrogens (tertiary/aromatic N) is 5. The number of rotatable bonds is 9. The van der Waals surface area contributed by atoms with E-state index in [0.717, 1.165) is 5.52 Å². The van der Waals surface area contributed by atoms with Crippen LogP contribution in [0.2, 0.25) is 0 Å². The molecule has 2 amide bonds. The largest absolute Gasteiger partial charge is 0.481 e. The first-order valence-electron chi connectivity index (χ1n) is 12.3. The summed E-state index contributed by atoms with van der Waals surface area (Å²) in [6.45, 7) is 7.33. The van der Waals surface area contributed by atoms with Crippen molar-refractivity contribution < 1.29 is 29.3 Å². The number of alkyl halides is 1. The summed E-state index contributed by atoms with van der Waals surface area (Å²) in [5.74, 6) is -4.32. The molecule has 2 N–H and O–H groups in total. The highest BCUT2D eigenvalue weighted by molar-refractivity contribution is 9.09. The number of carboxylic acids is 1. The first-order chi connectivity index (χ1) is 17.7. The quantitative estimate of drug-likeness (QED) is 0.336. The molecule has 4 heterocycles. The molecule has 0 radical (unpaired) electrons. The van der Waals surface area contributed by atoms with Crippen molar-refractivity contribution in [3.05, 3.63) is 36.9 Å². The molecule has 198 valence electrons. The van der Waals surface area contributed by atoms with E-state index in [1.165, 1.54) is 9.80 Å². The van der Waals surface area contributed by atoms with Crippen LogP contribution in [-0.2, 0) is 25.8 Å². The second-order valence-electron chi connectivity index (χ2n) is 10.3. The van der Waals surface area contributed by atoms with Gasteiger partial charge in [-0.3, -0.25) is 14.4 Å². The summed E-state index contributed by atoms with van der Waals surface area (Å²) in [6.07, 6.45) is 1.15. The number of fused-ring (bicyclic) bond motifs is 2. The molecule has 37 heavy (non-hydrogen) atoms. The lowest BCUT2D eigenvalue weighted by atomic mass is 9.70. The third-order valence-electron chi connectivity index (χ3n) is 7.95. The number of ether oxygens (including phenoxy) is 1. The van der Waals surface area contributed by atoms with Gasteiger partial charge in [-0.2, -0.15) is 0 Å². The molecule has 1 aromatic carbocycles. The number of hydrogen-bond donors (Lipinski definition) is 2. The molecule has 11 nitrogen and oxygen atoms in total. The Morgan fingerprint density at radius 3 is 2.76 bits per heavy atom. The second kappa shape index (κ2) is 9.48. The summed E-state index contributed by atoms with van der Waals surface area (Å²) < 4.78 is 7.93. The van der Waals surface area contributed by atoms with Crippen molar-refractivity contribution in [2.45, 2.75) is 55.6 Å². The third-order valence-corrected chi connectivity index (χ3v) is 8.79. The molecule has 1 spiro atoms. The van der Waals surface area contributed by atoms with Gasteiger partial charge in [0.05, 0.1) is 36.1 Å². The third kappa shape index (κ3) is 3.79. The normalized spacial score (nSPS) is 31.2. The van der Waals surface area contributed by atoms with Crippen molar-refractivity contribution >= 4 is 44.7 Å². The first-order valence-corrected chi connectivity index (χ1v) is 13.2. The van der Waals surface area contributed by atoms with Crippen molar-refractivity contribution in [1.29, 1.82) is 0 Å². The van der Waals surface area contributed by atoms with E-state index in [9.17, 15) is 24.6 Å². The Kier molecular flexibility index (Phi) is 6.61. The lowest BCUT2D eigenvalue weighted by molar-refractivity contribution is -0.154. The molecular weight excluding hydrogens is 546 g/mol. The Labute approximate surface area is 222 Å². The van der Waals surface area contributed by atoms with Gasteiger partial charge in [0.2, 0.25) is 11.8 Å². The number of hydrogen-bond acceptors (Lipinski definition) is 7. The van der Waals surface area contributed by atoms with Crippen molar-refractivity contribution in [2.24, 2.45) is 17.8 Å². The van der Waals surface area contributed by atoms with Crippen LogP contribution in [0.15, 0.2) is 36.9 Å². The molecule has 3 fully saturated rings. The minimum absolute atomic E-state index is 0.0413. The summed E-state index contributed by atoms with van der Waals surface area (Å²) in [4.78, 5) is 43.2. The van der Waals surface area contributed by atoms with Gasteiger partial charge in [-0.25, -0.2) is 4.68 Å². The van der Waals surface area contributed by atoms with E-state index < -0.39 is 53.4 Å². The van der Waals surface area contributed by atoms with Gasteiger partial charge in [0, 0.05) is 11.4 Å². The van der Waals surface area contributed by atoms with Crippen LogP contribution >= 0.6 is 15.9 Å². The van der Waals surface area contributed by atoms with Gasteiger partial charge in [0.1, 0.15) is 23.8 Å². The van der Waals surface area contributed by atoms with E-state index in [4.69, 9.17) is 4.74 Å². The molecule has 7 atom stereocenters. The number of carboxylic acid groups (broad SMARTS) is 1. The van der Waals surface area contributed by atoms with E-state index in [1.54, 1.807) is 10.8 Å². The zero-order valence-electron chi connectivity index (χ0n) is 20.6. The number of carbonyl (C=O) groups excluding carboxylic acids is 2. The summed E-state index contributed by atoms with van der Waals surface area (Å²) in [6, 6.07) is 5.56. The van der Waals surface area contributed by atoms with Crippen LogP contribution in [0.5, 0.6) is 0 Å². The summed E-state index contributed by atoms with van der Waals surface area (Å²) in [5, 5.41) is 28.7. The molecule has 3 aliphatic heterocycles. The number of carbonyl (C=O) groups is 3. The summed E-state index contributed by atoms with van der Waals surface area (Å²) in [7, 11) is 0. The van der Waals surface area contributed by atoms with Crippen molar-refractivity contribution in [3.63, 3.8) is 0 Å². The van der Waals surface area contributed by atoms with Crippen LogP contribution in [-0.4, -0.2) is 94.6 Å². The maximum atomic E-state index is 14.4. The monoisotopic (exact) mass is 575 g/mol. The number of aliphatic carboxylic acids is 1. The van der Waals surface area contributed by atoms with Crippen molar-refractivity contribution in [2.75, 3.05) is 13.2 Å². The van der Waals surface area contributed by atoms with Gasteiger partial charge < -0.3 is 24.7 Å². The molecule has 1 aromatic heterocycles. The Morgan fingerprint density at radius 2 is 2.11 bits per heavy atom. The van der Waals surface area contributed by atoms with Crippen LogP contribution in [0.4, 0.5) is 0 Å². The molecular formula is C25H30BrN5O6. The van der Waals surface area contributed by atoms with Crippen LogP contribution in [0.25, 0.3) is 11.0 Å². The number of aliphatic hydroxyl groups is 1. The molecule has 3 aliphatic rings. The van der Waals surface area contributed by atoms with Crippen LogP contribution < -0.4 is 0 Å². The fourth-order valence-corrected chi connectivity index (χ4v) is 7.28. The lowest BCUT2D eigenvalue weighted by Crippen LogP contribution is -2.60. The standard InChI is InChI=1S/C25H30BrN5O6/c1-4-9-29(12-30-16-8-6-5-7-15(16)27-28-30)23(34)21-25-10-14(26)20(37-25)18(24(35)36)19(25)22(33)31(21)17(11-32)13(2)3/h4-8,13-14,17-21,32H,1,9-12H2,2-3H3,(H,35,36)/t14?,17-,18+,19-,20+,21?,25?/m0/s1. The molecule has 5 rings (SSSR count). The minimum Gasteiger partial charge on any atom is -0.481 e. The van der Waals surface area contributed by atoms with Gasteiger partial charge in [0.25, 0.3) is 0 Å². The zero-order valence-corrected chi connectivity index (χ0v) is 22.2. The van der Waals surface area contributed by atoms with Gasteiger partial charge in [0.15, 0.2) is 0 Å². The molecule has 3 unspecified atom stereocenters. The van der Waals surface area contributed by atoms with E-state index in [0.29, 0.717) is 11.9 Å². The fraction of sp³-hybridized carbons (Fsp3) is 0.560. The predicted molar refractivity (Wildman–Crippen MR) is 135 cm³/mol. The Balaban J connectivity index is 1.59. The second-order valence-corrected chi connectivity index (χ2v) is 11.5. The average molecular weight is 576 g/mol. The fourth-order valence-electron chi connectivity index (χ4n) is 6.34. The van der Waals surface area contributed by atoms with Crippen LogP contribution in [0.1, 0.15) is 20.3 Å². The number of halogens is 1. The smallest absolute Gasteiger partial charge is 0.310 e. The Morgan fingerprint density at radius 1 is 1.38 bits per heavy atom. The maximum Gasteiger partial charge on any atom is 0.310 e. The van der Waals surface area contributed by atoms with E-state index in [2.05, 4.69) is 32.8 Å². The van der Waals surface area contributed by atoms with Crippen molar-refractivity contribution in [3.8, 4) is 0 Å². The zero-order chi connectivity index (χ0) is 26.6. The van der Waals surface area contributed by atoms with E-state index in [-0.39, 0.29) is 30.6 Å². The Hall–Kier alpha value is -2.83. The predicted octanol–water partition coefficient (Wildman–Crippen LogP) is 1.25. The summed E-state index contributed by atoms with van der Waals surface area (Å²) >= 11 is 3.55. The molecule has 2 aromatic rings. The highest BCUT2D eigenvalue weighted by Crippen LogP contribution is 2.60. The first kappa shape index (κ1) is 25.8. The molecule has 0 saturated carbocycles. The molecule has 0 aliphatic carbocycles. The number of benzene rings is 1. The highest BCUT2D eigenvalue weighted by atomic mass is 79.9. The number of likely N-dealkylation sites (tertiary alicyclic amines) is 1.